The molecular formula is C16H14NO5S-. The molecule has 0 heterocycles. The van der Waals surface area contributed by atoms with Crippen LogP contribution in [0.25, 0.3) is 0 Å². The Bertz CT molecular complexity index is 798. The summed E-state index contributed by atoms with van der Waals surface area (Å²) < 4.78 is 24.1. The van der Waals surface area contributed by atoms with E-state index in [0.29, 0.717) is 11.3 Å². The third-order valence-electron chi connectivity index (χ3n) is 2.98. The summed E-state index contributed by atoms with van der Waals surface area (Å²) in [7, 11) is -3.66. The summed E-state index contributed by atoms with van der Waals surface area (Å²) >= 11 is 0. The number of carboxylic acids is 1. The molecule has 0 atom stereocenters. The van der Waals surface area contributed by atoms with Gasteiger partial charge in [-0.3, -0.25) is 4.79 Å². The normalized spacial score (nSPS) is 11.0. The maximum Gasteiger partial charge on any atom is 0.239 e. The van der Waals surface area contributed by atoms with E-state index in [4.69, 9.17) is 0 Å². The molecule has 2 aromatic carbocycles. The number of amides is 1. The Morgan fingerprint density at radius 2 is 1.57 bits per heavy atom. The highest BCUT2D eigenvalue weighted by molar-refractivity contribution is 7.91. The number of hydrogen-bond acceptors (Lipinski definition) is 5. The molecule has 0 saturated carbocycles. The monoisotopic (exact) mass is 332 g/mol. The second-order valence-corrected chi connectivity index (χ2v) is 7.00. The van der Waals surface area contributed by atoms with Gasteiger partial charge in [-0.2, -0.15) is 0 Å². The first-order chi connectivity index (χ1) is 10.9. The molecule has 120 valence electrons. The van der Waals surface area contributed by atoms with Gasteiger partial charge >= 0.3 is 0 Å². The van der Waals surface area contributed by atoms with E-state index in [9.17, 15) is 23.1 Å². The standard InChI is InChI=1S/C16H15NO5S/c18-15(17-14-4-2-1-3-5-14)11-23(21,22)10-12-6-8-13(9-7-12)16(19)20/h1-9H,10-11H2,(H,17,18)(H,19,20)/p-1. The lowest BCUT2D eigenvalue weighted by molar-refractivity contribution is -0.255. The van der Waals surface area contributed by atoms with Crippen molar-refractivity contribution in [3.05, 3.63) is 65.7 Å². The maximum absolute atomic E-state index is 12.0. The molecule has 0 aromatic heterocycles. The van der Waals surface area contributed by atoms with Crippen molar-refractivity contribution in [2.45, 2.75) is 5.75 Å². The fraction of sp³-hybridized carbons (Fsp3) is 0.125. The molecule has 2 rings (SSSR count). The topological polar surface area (TPSA) is 103 Å². The van der Waals surface area contributed by atoms with Crippen LogP contribution in [0.15, 0.2) is 54.6 Å². The van der Waals surface area contributed by atoms with Crippen molar-refractivity contribution < 1.29 is 23.1 Å². The smallest absolute Gasteiger partial charge is 0.239 e. The van der Waals surface area contributed by atoms with Crippen molar-refractivity contribution in [3.8, 4) is 0 Å². The minimum atomic E-state index is -3.66. The van der Waals surface area contributed by atoms with Crippen LogP contribution in [0.5, 0.6) is 0 Å². The molecule has 23 heavy (non-hydrogen) atoms. The van der Waals surface area contributed by atoms with Gasteiger partial charge in [-0.05, 0) is 23.3 Å². The zero-order chi connectivity index (χ0) is 16.9. The average molecular weight is 332 g/mol. The Kier molecular flexibility index (Phi) is 5.13. The van der Waals surface area contributed by atoms with E-state index in [2.05, 4.69) is 5.32 Å². The van der Waals surface area contributed by atoms with Gasteiger partial charge in [-0.15, -0.1) is 0 Å². The van der Waals surface area contributed by atoms with E-state index >= 15 is 0 Å². The second kappa shape index (κ2) is 7.06. The van der Waals surface area contributed by atoms with Crippen LogP contribution < -0.4 is 10.4 Å². The number of carbonyl (C=O) groups is 2. The summed E-state index contributed by atoms with van der Waals surface area (Å²) in [6.45, 7) is 0. The zero-order valence-corrected chi connectivity index (χ0v) is 12.9. The van der Waals surface area contributed by atoms with Crippen LogP contribution in [0.3, 0.4) is 0 Å². The summed E-state index contributed by atoms with van der Waals surface area (Å²) in [6.07, 6.45) is 0. The Morgan fingerprint density at radius 3 is 2.13 bits per heavy atom. The van der Waals surface area contributed by atoms with Crippen LogP contribution >= 0.6 is 0 Å². The zero-order valence-electron chi connectivity index (χ0n) is 12.1. The summed E-state index contributed by atoms with van der Waals surface area (Å²) in [5.41, 5.74) is 0.890. The van der Waals surface area contributed by atoms with Crippen LogP contribution in [0, 0.1) is 0 Å². The number of para-hydroxylation sites is 1. The van der Waals surface area contributed by atoms with E-state index in [1.807, 2.05) is 0 Å². The molecule has 1 N–H and O–H groups in total. The molecule has 7 heteroatoms. The SMILES string of the molecule is O=C(CS(=O)(=O)Cc1ccc(C(=O)[O-])cc1)Nc1ccccc1. The number of rotatable bonds is 6. The predicted octanol–water partition coefficient (Wildman–Crippen LogP) is 0.604. The summed E-state index contributed by atoms with van der Waals surface area (Å²) in [6, 6.07) is 13.9. The number of anilines is 1. The number of carbonyl (C=O) groups excluding carboxylic acids is 2. The molecule has 6 nitrogen and oxygen atoms in total. The van der Waals surface area contributed by atoms with Crippen molar-refractivity contribution in [1.29, 1.82) is 0 Å². The molecule has 1 amide bonds. The number of sulfone groups is 1. The Labute approximate surface area is 133 Å². The Morgan fingerprint density at radius 1 is 0.957 bits per heavy atom. The van der Waals surface area contributed by atoms with Gasteiger partial charge in [0.15, 0.2) is 9.84 Å². The number of benzene rings is 2. The molecule has 0 fully saturated rings. The fourth-order valence-corrected chi connectivity index (χ4v) is 3.23. The molecule has 2 aromatic rings. The first kappa shape index (κ1) is 16.7. The Balaban J connectivity index is 1.98. The summed E-state index contributed by atoms with van der Waals surface area (Å²) in [5, 5.41) is 13.1. The minimum Gasteiger partial charge on any atom is -0.545 e. The van der Waals surface area contributed by atoms with E-state index in [0.717, 1.165) is 0 Å². The average Bonchev–Trinajstić information content (AvgIpc) is 2.47. The molecule has 0 aliphatic rings. The van der Waals surface area contributed by atoms with Gasteiger partial charge in [0.2, 0.25) is 5.91 Å². The second-order valence-electron chi connectivity index (χ2n) is 4.93. The van der Waals surface area contributed by atoms with Crippen molar-refractivity contribution in [2.24, 2.45) is 0 Å². The maximum atomic E-state index is 12.0. The fourth-order valence-electron chi connectivity index (χ4n) is 1.96. The quantitative estimate of drug-likeness (QED) is 0.834. The van der Waals surface area contributed by atoms with Gasteiger partial charge in [0.1, 0.15) is 5.75 Å². The van der Waals surface area contributed by atoms with Crippen molar-refractivity contribution in [3.63, 3.8) is 0 Å². The molecule has 0 bridgehead atoms. The number of aromatic carboxylic acids is 1. The van der Waals surface area contributed by atoms with Crippen LogP contribution in [-0.2, 0) is 20.4 Å². The first-order valence-electron chi connectivity index (χ1n) is 6.71. The highest BCUT2D eigenvalue weighted by Crippen LogP contribution is 2.10. The van der Waals surface area contributed by atoms with Gasteiger partial charge in [0.25, 0.3) is 0 Å². The lowest BCUT2D eigenvalue weighted by Gasteiger charge is -2.07. The summed E-state index contributed by atoms with van der Waals surface area (Å²) in [5.74, 6) is -2.95. The van der Waals surface area contributed by atoms with E-state index in [1.165, 1.54) is 24.3 Å². The van der Waals surface area contributed by atoms with Gasteiger partial charge < -0.3 is 15.2 Å². The summed E-state index contributed by atoms with van der Waals surface area (Å²) in [4.78, 5) is 22.4. The van der Waals surface area contributed by atoms with Crippen LogP contribution in [-0.4, -0.2) is 26.0 Å². The largest absolute Gasteiger partial charge is 0.545 e. The molecular weight excluding hydrogens is 318 g/mol. The Hall–Kier alpha value is -2.67. The molecule has 0 aliphatic carbocycles. The lowest BCUT2D eigenvalue weighted by Crippen LogP contribution is -2.24. The molecule has 0 spiro atoms. The van der Waals surface area contributed by atoms with Gasteiger partial charge in [-0.25, -0.2) is 8.42 Å². The number of carboxylic acid groups (broad SMARTS) is 1. The van der Waals surface area contributed by atoms with Crippen molar-refractivity contribution in [2.75, 3.05) is 11.1 Å². The number of nitrogens with one attached hydrogen (secondary N) is 1. The van der Waals surface area contributed by atoms with Gasteiger partial charge in [-0.1, -0.05) is 42.5 Å². The minimum absolute atomic E-state index is 0.0343. The highest BCUT2D eigenvalue weighted by Gasteiger charge is 2.17. The van der Waals surface area contributed by atoms with E-state index in [1.54, 1.807) is 30.3 Å². The van der Waals surface area contributed by atoms with Gasteiger partial charge in [0.05, 0.1) is 11.7 Å². The van der Waals surface area contributed by atoms with Crippen molar-refractivity contribution in [1.82, 2.24) is 0 Å². The third-order valence-corrected chi connectivity index (χ3v) is 4.46. The molecule has 0 radical (unpaired) electrons. The number of hydrogen-bond donors (Lipinski definition) is 1. The molecule has 0 unspecified atom stereocenters. The molecule has 0 saturated heterocycles. The third kappa shape index (κ3) is 5.23. The predicted molar refractivity (Wildman–Crippen MR) is 83.3 cm³/mol. The lowest BCUT2D eigenvalue weighted by atomic mass is 10.1. The molecule has 0 aliphatic heterocycles. The van der Waals surface area contributed by atoms with Crippen LogP contribution in [0.4, 0.5) is 5.69 Å². The van der Waals surface area contributed by atoms with E-state index < -0.39 is 27.5 Å². The highest BCUT2D eigenvalue weighted by atomic mass is 32.2. The van der Waals surface area contributed by atoms with Gasteiger partial charge in [0, 0.05) is 5.69 Å². The van der Waals surface area contributed by atoms with Crippen LogP contribution in [0.1, 0.15) is 15.9 Å². The van der Waals surface area contributed by atoms with Crippen molar-refractivity contribution >= 4 is 27.4 Å². The first-order valence-corrected chi connectivity index (χ1v) is 8.53. The van der Waals surface area contributed by atoms with Crippen LogP contribution in [0.2, 0.25) is 0 Å². The van der Waals surface area contributed by atoms with E-state index in [-0.39, 0.29) is 11.3 Å².